The topological polar surface area (TPSA) is 52.6 Å². The summed E-state index contributed by atoms with van der Waals surface area (Å²) >= 11 is 0. The average Bonchev–Trinajstić information content (AvgIpc) is 2.92. The first kappa shape index (κ1) is 25.1. The first-order valence-corrected chi connectivity index (χ1v) is 15.5. The van der Waals surface area contributed by atoms with Crippen molar-refractivity contribution < 1.29 is 17.1 Å². The number of hydrogen-bond acceptors (Lipinski definition) is 4. The molecule has 35 heavy (non-hydrogen) atoms. The molecule has 182 valence electrons. The Hall–Kier alpha value is -2.98. The van der Waals surface area contributed by atoms with Gasteiger partial charge in [0.1, 0.15) is 0 Å². The number of benzene rings is 4. The van der Waals surface area contributed by atoms with E-state index in [0.717, 1.165) is 28.8 Å². The van der Waals surface area contributed by atoms with Crippen LogP contribution in [0.2, 0.25) is 0 Å². The summed E-state index contributed by atoms with van der Waals surface area (Å²) in [6.07, 6.45) is 2.23. The van der Waals surface area contributed by atoms with Gasteiger partial charge in [-0.15, -0.1) is 0 Å². The Morgan fingerprint density at radius 1 is 0.657 bits per heavy atom. The minimum atomic E-state index is -4.26. The molecule has 0 N–H and O–H groups in total. The van der Waals surface area contributed by atoms with E-state index in [-0.39, 0.29) is 10.6 Å². The predicted octanol–water partition coefficient (Wildman–Crippen LogP) is 5.65. The molecule has 4 nitrogen and oxygen atoms in total. The van der Waals surface area contributed by atoms with Crippen molar-refractivity contribution in [1.29, 1.82) is 0 Å². The monoisotopic (exact) mass is 506 g/mol. The van der Waals surface area contributed by atoms with E-state index in [2.05, 4.69) is 6.92 Å². The molecule has 0 fully saturated rings. The number of rotatable bonds is 10. The molecule has 4 rings (SSSR count). The van der Waals surface area contributed by atoms with Crippen LogP contribution in [0.5, 0.6) is 5.75 Å². The second kappa shape index (κ2) is 10.3. The summed E-state index contributed by atoms with van der Waals surface area (Å²) in [7, 11) is -2.79. The SMILES string of the molecule is CCCCP(OS(=O)(=O)c1ccccc1OC)(c1ccccc1)(c1ccccc1)c1ccccc1. The summed E-state index contributed by atoms with van der Waals surface area (Å²) in [5, 5.41) is 2.63. The van der Waals surface area contributed by atoms with Crippen molar-refractivity contribution in [2.24, 2.45) is 0 Å². The van der Waals surface area contributed by atoms with Gasteiger partial charge in [0.25, 0.3) is 0 Å². The Labute approximate surface area is 208 Å². The molecule has 0 aliphatic rings. The van der Waals surface area contributed by atoms with Gasteiger partial charge in [-0.3, -0.25) is 0 Å². The van der Waals surface area contributed by atoms with E-state index in [1.807, 2.05) is 91.0 Å². The second-order valence-corrected chi connectivity index (χ2v) is 14.8. The molecule has 4 aromatic carbocycles. The van der Waals surface area contributed by atoms with Crippen LogP contribution >= 0.6 is 6.83 Å². The number of unbranched alkanes of at least 4 members (excludes halogenated alkanes) is 1. The molecule has 0 amide bonds. The molecule has 0 atom stereocenters. The van der Waals surface area contributed by atoms with E-state index >= 15 is 0 Å². The van der Waals surface area contributed by atoms with Crippen molar-refractivity contribution in [3.05, 3.63) is 115 Å². The van der Waals surface area contributed by atoms with Crippen LogP contribution in [0.3, 0.4) is 0 Å². The first-order chi connectivity index (χ1) is 17.0. The Balaban J connectivity index is 2.16. The maximum atomic E-state index is 14.2. The third-order valence-electron chi connectivity index (χ3n) is 6.45. The molecule has 0 radical (unpaired) electrons. The normalized spacial score (nSPS) is 13.0. The Kier molecular flexibility index (Phi) is 7.42. The van der Waals surface area contributed by atoms with Gasteiger partial charge in [-0.1, -0.05) is 0 Å². The van der Waals surface area contributed by atoms with Crippen LogP contribution < -0.4 is 20.7 Å². The fraction of sp³-hybridized carbons (Fsp3) is 0.172. The van der Waals surface area contributed by atoms with Crippen molar-refractivity contribution in [1.82, 2.24) is 0 Å². The Morgan fingerprint density at radius 2 is 1.09 bits per heavy atom. The van der Waals surface area contributed by atoms with Crippen LogP contribution in [0.4, 0.5) is 0 Å². The summed E-state index contributed by atoms with van der Waals surface area (Å²) in [5.41, 5.74) is 0. The Bertz CT molecular complexity index is 1260. The molecule has 0 spiro atoms. The molecule has 0 heterocycles. The number of ether oxygens (including phenoxy) is 1. The van der Waals surface area contributed by atoms with Gasteiger partial charge in [-0.05, 0) is 0 Å². The van der Waals surface area contributed by atoms with Crippen molar-refractivity contribution in [2.45, 2.75) is 24.7 Å². The molecular weight excluding hydrogens is 475 g/mol. The fourth-order valence-corrected chi connectivity index (χ4v) is 13.8. The molecule has 0 aromatic heterocycles. The number of para-hydroxylation sites is 1. The van der Waals surface area contributed by atoms with Gasteiger partial charge in [-0.2, -0.15) is 0 Å². The van der Waals surface area contributed by atoms with Gasteiger partial charge in [0, 0.05) is 0 Å². The molecule has 6 heteroatoms. The zero-order chi connectivity index (χ0) is 24.8. The standard InChI is InChI=1S/C29H31O4PS/c1-3-4-24-34(25-16-8-5-9-17-25,26-18-10-6-11-19-26,27-20-12-7-13-21-27)33-35(30,31)29-23-15-14-22-28(29)32-2/h5-23H,3-4,24H2,1-2H3. The van der Waals surface area contributed by atoms with Crippen molar-refractivity contribution >= 4 is 32.9 Å². The molecule has 4 aromatic rings. The van der Waals surface area contributed by atoms with Crippen molar-refractivity contribution in [2.75, 3.05) is 13.3 Å². The van der Waals surface area contributed by atoms with Crippen LogP contribution in [-0.2, 0) is 14.1 Å². The molecule has 0 aliphatic heterocycles. The van der Waals surface area contributed by atoms with E-state index in [0.29, 0.717) is 6.16 Å². The van der Waals surface area contributed by atoms with E-state index in [4.69, 9.17) is 8.71 Å². The van der Waals surface area contributed by atoms with Crippen molar-refractivity contribution in [3.8, 4) is 5.75 Å². The molecule has 0 unspecified atom stereocenters. The van der Waals surface area contributed by atoms with E-state index in [1.54, 1.807) is 24.3 Å². The maximum absolute atomic E-state index is 14.2. The van der Waals surface area contributed by atoms with Gasteiger partial charge < -0.3 is 0 Å². The van der Waals surface area contributed by atoms with Crippen LogP contribution in [0.1, 0.15) is 19.8 Å². The molecule has 0 aliphatic carbocycles. The van der Waals surface area contributed by atoms with Gasteiger partial charge in [0.2, 0.25) is 0 Å². The zero-order valence-electron chi connectivity index (χ0n) is 20.1. The molecular formula is C29H31O4PS. The van der Waals surface area contributed by atoms with Crippen LogP contribution in [0, 0.1) is 0 Å². The van der Waals surface area contributed by atoms with Gasteiger partial charge in [-0.25, -0.2) is 0 Å². The van der Waals surface area contributed by atoms with Crippen LogP contribution in [0.15, 0.2) is 120 Å². The van der Waals surface area contributed by atoms with Gasteiger partial charge in [0.05, 0.1) is 0 Å². The van der Waals surface area contributed by atoms with Gasteiger partial charge in [0.15, 0.2) is 0 Å². The van der Waals surface area contributed by atoms with E-state index in [1.165, 1.54) is 7.11 Å². The van der Waals surface area contributed by atoms with Crippen LogP contribution in [-0.4, -0.2) is 21.7 Å². The summed E-state index contributed by atoms with van der Waals surface area (Å²) in [6.45, 7) is -1.91. The molecule has 0 saturated carbocycles. The summed E-state index contributed by atoms with van der Waals surface area (Å²) < 4.78 is 40.8. The predicted molar refractivity (Wildman–Crippen MR) is 146 cm³/mol. The zero-order valence-corrected chi connectivity index (χ0v) is 21.8. The number of methoxy groups -OCH3 is 1. The third-order valence-corrected chi connectivity index (χ3v) is 14.8. The summed E-state index contributed by atoms with van der Waals surface area (Å²) in [4.78, 5) is 0.0239. The molecule has 0 saturated heterocycles. The summed E-state index contributed by atoms with van der Waals surface area (Å²) in [5.74, 6) is 0.258. The average molecular weight is 507 g/mol. The third kappa shape index (κ3) is 4.40. The summed E-state index contributed by atoms with van der Waals surface area (Å²) in [6, 6.07) is 36.2. The molecule has 0 bridgehead atoms. The number of hydrogen-bond donors (Lipinski definition) is 0. The quantitative estimate of drug-likeness (QED) is 0.261. The Morgan fingerprint density at radius 3 is 1.51 bits per heavy atom. The first-order valence-electron chi connectivity index (χ1n) is 11.8. The van der Waals surface area contributed by atoms with E-state index < -0.39 is 16.9 Å². The second-order valence-electron chi connectivity index (χ2n) is 8.48. The van der Waals surface area contributed by atoms with Gasteiger partial charge >= 0.3 is 209 Å². The van der Waals surface area contributed by atoms with Crippen LogP contribution in [0.25, 0.3) is 0 Å². The minimum absolute atomic E-state index is 0.0239. The van der Waals surface area contributed by atoms with Crippen molar-refractivity contribution in [3.63, 3.8) is 0 Å². The fourth-order valence-electron chi connectivity index (χ4n) is 4.77. The van der Waals surface area contributed by atoms with E-state index in [9.17, 15) is 8.42 Å².